The van der Waals surface area contributed by atoms with Gasteiger partial charge in [0.2, 0.25) is 11.2 Å². The number of anilines is 1. The monoisotopic (exact) mass is 461 g/mol. The average Bonchev–Trinajstić information content (AvgIpc) is 2.81. The summed E-state index contributed by atoms with van der Waals surface area (Å²) < 4.78 is 12.2. The fourth-order valence-corrected chi connectivity index (χ4v) is 3.67. The molecule has 1 unspecified atom stereocenters. The number of nitrogens with one attached hydrogen (secondary N) is 1. The first-order valence-electron chi connectivity index (χ1n) is 10.7. The quantitative estimate of drug-likeness (QED) is 0.354. The van der Waals surface area contributed by atoms with Gasteiger partial charge in [-0.1, -0.05) is 66.6 Å². The summed E-state index contributed by atoms with van der Waals surface area (Å²) in [5.41, 5.74) is 3.37. The maximum atomic E-state index is 13.4. The Labute approximate surface area is 197 Å². The second-order valence-corrected chi connectivity index (χ2v) is 8.33. The van der Waals surface area contributed by atoms with Gasteiger partial charge >= 0.3 is 0 Å². The van der Waals surface area contributed by atoms with Gasteiger partial charge in [0.1, 0.15) is 5.58 Å². The Kier molecular flexibility index (Phi) is 6.52. The van der Waals surface area contributed by atoms with E-state index in [1.807, 2.05) is 51.1 Å². The molecule has 4 rings (SSSR count). The van der Waals surface area contributed by atoms with E-state index in [0.29, 0.717) is 39.4 Å². The van der Waals surface area contributed by atoms with E-state index < -0.39 is 6.10 Å². The van der Waals surface area contributed by atoms with Gasteiger partial charge in [-0.3, -0.25) is 9.59 Å². The lowest BCUT2D eigenvalue weighted by atomic mass is 10.1. The number of para-hydroxylation sites is 1. The van der Waals surface area contributed by atoms with Gasteiger partial charge in [0.25, 0.3) is 5.91 Å². The zero-order chi connectivity index (χ0) is 23.5. The maximum absolute atomic E-state index is 13.4. The summed E-state index contributed by atoms with van der Waals surface area (Å²) in [7, 11) is 0. The van der Waals surface area contributed by atoms with Crippen molar-refractivity contribution in [2.75, 3.05) is 5.32 Å². The summed E-state index contributed by atoms with van der Waals surface area (Å²) in [5.74, 6) is -0.0651. The number of halogens is 1. The van der Waals surface area contributed by atoms with E-state index in [0.717, 1.165) is 11.1 Å². The topological polar surface area (TPSA) is 68.5 Å². The van der Waals surface area contributed by atoms with Gasteiger partial charge in [0.15, 0.2) is 11.9 Å². The van der Waals surface area contributed by atoms with Crippen molar-refractivity contribution in [3.05, 3.63) is 93.1 Å². The summed E-state index contributed by atoms with van der Waals surface area (Å²) in [6.45, 7) is 5.69. The third-order valence-electron chi connectivity index (χ3n) is 5.43. The molecule has 0 aliphatic rings. The summed E-state index contributed by atoms with van der Waals surface area (Å²) in [6, 6.07) is 19.9. The molecule has 1 heterocycles. The molecule has 6 heteroatoms. The number of carbonyl (C=O) groups excluding carboxylic acids is 1. The van der Waals surface area contributed by atoms with Crippen LogP contribution in [0.15, 0.2) is 75.9 Å². The van der Waals surface area contributed by atoms with Crippen LogP contribution in [-0.4, -0.2) is 12.0 Å². The van der Waals surface area contributed by atoms with Gasteiger partial charge in [-0.25, -0.2) is 0 Å². The van der Waals surface area contributed by atoms with Gasteiger partial charge in [-0.05, 0) is 50.1 Å². The number of benzene rings is 3. The van der Waals surface area contributed by atoms with Crippen LogP contribution in [0.4, 0.5) is 5.69 Å². The number of carbonyl (C=O) groups is 1. The zero-order valence-electron chi connectivity index (χ0n) is 18.6. The summed E-state index contributed by atoms with van der Waals surface area (Å²) in [5, 5.41) is 3.77. The molecule has 1 amide bonds. The van der Waals surface area contributed by atoms with E-state index in [4.69, 9.17) is 20.8 Å². The standard InChI is InChI=1S/C27H24ClNO4/c1-4-22(27(31)29-19-14-11-17(3)21(28)15-19)32-26-24(30)20-7-5-6-8-23(20)33-25(26)18-12-9-16(2)10-13-18/h5-15,22H,4H2,1-3H3,(H,29,31). The van der Waals surface area contributed by atoms with Crippen LogP contribution in [0.5, 0.6) is 5.75 Å². The highest BCUT2D eigenvalue weighted by molar-refractivity contribution is 6.31. The molecule has 0 saturated heterocycles. The Morgan fingerprint density at radius 1 is 1.06 bits per heavy atom. The molecule has 1 atom stereocenters. The summed E-state index contributed by atoms with van der Waals surface area (Å²) in [4.78, 5) is 26.4. The van der Waals surface area contributed by atoms with E-state index in [1.165, 1.54) is 0 Å². The normalized spacial score (nSPS) is 11.9. The molecule has 3 aromatic carbocycles. The first-order valence-corrected chi connectivity index (χ1v) is 11.1. The van der Waals surface area contributed by atoms with Crippen molar-refractivity contribution in [2.45, 2.75) is 33.3 Å². The highest BCUT2D eigenvalue weighted by atomic mass is 35.5. The number of fused-ring (bicyclic) bond motifs is 1. The molecule has 0 bridgehead atoms. The first kappa shape index (κ1) is 22.6. The fourth-order valence-electron chi connectivity index (χ4n) is 3.48. The van der Waals surface area contributed by atoms with Crippen LogP contribution in [-0.2, 0) is 4.79 Å². The first-order chi connectivity index (χ1) is 15.9. The van der Waals surface area contributed by atoms with Crippen molar-refractivity contribution in [1.82, 2.24) is 0 Å². The van der Waals surface area contributed by atoms with Crippen molar-refractivity contribution in [1.29, 1.82) is 0 Å². The second-order valence-electron chi connectivity index (χ2n) is 7.92. The van der Waals surface area contributed by atoms with Gasteiger partial charge in [-0.2, -0.15) is 0 Å². The van der Waals surface area contributed by atoms with Gasteiger partial charge in [0.05, 0.1) is 5.39 Å². The molecule has 0 fully saturated rings. The number of aryl methyl sites for hydroxylation is 2. The van der Waals surface area contributed by atoms with Crippen molar-refractivity contribution in [3.63, 3.8) is 0 Å². The number of amides is 1. The Balaban J connectivity index is 1.73. The molecule has 33 heavy (non-hydrogen) atoms. The van der Waals surface area contributed by atoms with Crippen molar-refractivity contribution < 1.29 is 13.9 Å². The highest BCUT2D eigenvalue weighted by Crippen LogP contribution is 2.32. The van der Waals surface area contributed by atoms with E-state index >= 15 is 0 Å². The predicted octanol–water partition coefficient (Wildman–Crippen LogP) is 6.53. The zero-order valence-corrected chi connectivity index (χ0v) is 19.4. The second kappa shape index (κ2) is 9.51. The van der Waals surface area contributed by atoms with E-state index in [-0.39, 0.29) is 17.1 Å². The molecule has 1 N–H and O–H groups in total. The minimum atomic E-state index is -0.904. The number of hydrogen-bond acceptors (Lipinski definition) is 4. The lowest BCUT2D eigenvalue weighted by molar-refractivity contribution is -0.122. The number of hydrogen-bond donors (Lipinski definition) is 1. The van der Waals surface area contributed by atoms with Crippen LogP contribution < -0.4 is 15.5 Å². The van der Waals surface area contributed by atoms with Crippen LogP contribution >= 0.6 is 11.6 Å². The Morgan fingerprint density at radius 2 is 1.79 bits per heavy atom. The van der Waals surface area contributed by atoms with Crippen LogP contribution in [0.1, 0.15) is 24.5 Å². The molecule has 0 radical (unpaired) electrons. The molecule has 5 nitrogen and oxygen atoms in total. The molecule has 0 aliphatic heterocycles. The lowest BCUT2D eigenvalue weighted by Crippen LogP contribution is -2.34. The fraction of sp³-hybridized carbons (Fsp3) is 0.185. The van der Waals surface area contributed by atoms with Gasteiger partial charge in [-0.15, -0.1) is 0 Å². The third-order valence-corrected chi connectivity index (χ3v) is 5.84. The van der Waals surface area contributed by atoms with E-state index in [2.05, 4.69) is 5.32 Å². The lowest BCUT2D eigenvalue weighted by Gasteiger charge is -2.19. The molecule has 0 spiro atoms. The Bertz CT molecular complexity index is 1380. The maximum Gasteiger partial charge on any atom is 0.265 e. The number of rotatable bonds is 6. The average molecular weight is 462 g/mol. The molecule has 0 aliphatic carbocycles. The van der Waals surface area contributed by atoms with Crippen molar-refractivity contribution in [3.8, 4) is 17.1 Å². The van der Waals surface area contributed by atoms with E-state index in [1.54, 1.807) is 36.4 Å². The van der Waals surface area contributed by atoms with Crippen molar-refractivity contribution in [2.24, 2.45) is 0 Å². The molecular formula is C27H24ClNO4. The summed E-state index contributed by atoms with van der Waals surface area (Å²) in [6.07, 6.45) is -0.552. The van der Waals surface area contributed by atoms with Crippen LogP contribution in [0.25, 0.3) is 22.3 Å². The van der Waals surface area contributed by atoms with Crippen LogP contribution in [0.2, 0.25) is 5.02 Å². The van der Waals surface area contributed by atoms with Gasteiger partial charge < -0.3 is 14.5 Å². The van der Waals surface area contributed by atoms with Crippen LogP contribution in [0, 0.1) is 13.8 Å². The van der Waals surface area contributed by atoms with Gasteiger partial charge in [0, 0.05) is 16.3 Å². The molecule has 1 aromatic heterocycles. The largest absolute Gasteiger partial charge is 0.473 e. The Morgan fingerprint density at radius 3 is 2.48 bits per heavy atom. The molecule has 168 valence electrons. The predicted molar refractivity (Wildman–Crippen MR) is 132 cm³/mol. The van der Waals surface area contributed by atoms with Crippen molar-refractivity contribution >= 4 is 34.2 Å². The smallest absolute Gasteiger partial charge is 0.265 e. The molecular weight excluding hydrogens is 438 g/mol. The molecule has 4 aromatic rings. The molecule has 0 saturated carbocycles. The minimum Gasteiger partial charge on any atom is -0.473 e. The SMILES string of the molecule is CCC(Oc1c(-c2ccc(C)cc2)oc2ccccc2c1=O)C(=O)Nc1ccc(C)c(Cl)c1. The summed E-state index contributed by atoms with van der Waals surface area (Å²) >= 11 is 6.18. The highest BCUT2D eigenvalue weighted by Gasteiger charge is 2.25. The number of ether oxygens (including phenoxy) is 1. The minimum absolute atomic E-state index is 0.0153. The van der Waals surface area contributed by atoms with Crippen LogP contribution in [0.3, 0.4) is 0 Å². The van der Waals surface area contributed by atoms with E-state index in [9.17, 15) is 9.59 Å². The third kappa shape index (κ3) is 4.78. The Hall–Kier alpha value is -3.57.